The standard InChI is InChI=1S/C7H16N4O2.C2H4O2/c1-10-7(9)11-4-2-3-5(8)6(12)13;1-2(3)4/h5H,2-4,8H2,1H3,(H,12,13)(H3,9,10,11);1H3,(H,3,4)/t5-;/m1./s1. The van der Waals surface area contributed by atoms with E-state index in [1.165, 1.54) is 0 Å². The predicted molar refractivity (Wildman–Crippen MR) is 63.7 cm³/mol. The average Bonchev–Trinajstić information content (AvgIpc) is 2.22. The van der Waals surface area contributed by atoms with Gasteiger partial charge in [-0.25, -0.2) is 0 Å². The topological polar surface area (TPSA) is 151 Å². The third-order valence-corrected chi connectivity index (χ3v) is 1.56. The number of carboxylic acid groups (broad SMARTS) is 2. The van der Waals surface area contributed by atoms with Crippen LogP contribution in [0, 0.1) is 0 Å². The largest absolute Gasteiger partial charge is 0.481 e. The Morgan fingerprint density at radius 1 is 1.41 bits per heavy atom. The SMILES string of the molecule is CC(=O)O.CN=C(N)NCCC[C@@H](N)C(=O)O. The first-order valence-electron chi connectivity index (χ1n) is 4.95. The highest BCUT2D eigenvalue weighted by Gasteiger charge is 2.09. The Bertz CT molecular complexity index is 264. The molecule has 0 aromatic rings. The van der Waals surface area contributed by atoms with Crippen molar-refractivity contribution in [3.63, 3.8) is 0 Å². The van der Waals surface area contributed by atoms with Gasteiger partial charge in [-0.1, -0.05) is 0 Å². The molecule has 7 N–H and O–H groups in total. The number of carbonyl (C=O) groups is 2. The van der Waals surface area contributed by atoms with E-state index < -0.39 is 18.0 Å². The molecule has 0 amide bonds. The Labute approximate surface area is 99.7 Å². The molecule has 0 aromatic heterocycles. The number of nitrogens with one attached hydrogen (secondary N) is 1. The van der Waals surface area contributed by atoms with Crippen LogP contribution in [0.1, 0.15) is 19.8 Å². The molecule has 0 saturated carbocycles. The minimum atomic E-state index is -0.975. The lowest BCUT2D eigenvalue weighted by Gasteiger charge is -2.07. The number of hydrogen-bond acceptors (Lipinski definition) is 4. The predicted octanol–water partition coefficient (Wildman–Crippen LogP) is -1.20. The first-order chi connectivity index (χ1) is 7.81. The van der Waals surface area contributed by atoms with Gasteiger partial charge in [0.1, 0.15) is 6.04 Å². The lowest BCUT2D eigenvalue weighted by molar-refractivity contribution is -0.138. The van der Waals surface area contributed by atoms with Crippen molar-refractivity contribution in [2.75, 3.05) is 13.6 Å². The van der Waals surface area contributed by atoms with E-state index >= 15 is 0 Å². The van der Waals surface area contributed by atoms with Crippen molar-refractivity contribution < 1.29 is 19.8 Å². The molecule has 1 atom stereocenters. The van der Waals surface area contributed by atoms with E-state index in [1.807, 2.05) is 0 Å². The fraction of sp³-hybridized carbons (Fsp3) is 0.667. The number of guanidine groups is 1. The van der Waals surface area contributed by atoms with E-state index in [4.69, 9.17) is 26.5 Å². The molecule has 8 heteroatoms. The minimum Gasteiger partial charge on any atom is -0.481 e. The summed E-state index contributed by atoms with van der Waals surface area (Å²) in [7, 11) is 1.57. The normalized spacial score (nSPS) is 12.1. The maximum atomic E-state index is 10.3. The van der Waals surface area contributed by atoms with Crippen molar-refractivity contribution in [3.8, 4) is 0 Å². The number of carboxylic acids is 2. The van der Waals surface area contributed by atoms with Crippen LogP contribution >= 0.6 is 0 Å². The van der Waals surface area contributed by atoms with Gasteiger partial charge in [-0.3, -0.25) is 14.6 Å². The minimum absolute atomic E-state index is 0.351. The molecule has 0 aliphatic heterocycles. The zero-order chi connectivity index (χ0) is 13.8. The monoisotopic (exact) mass is 248 g/mol. The van der Waals surface area contributed by atoms with E-state index in [2.05, 4.69) is 10.3 Å². The Hall–Kier alpha value is -1.83. The van der Waals surface area contributed by atoms with Crippen molar-refractivity contribution >= 4 is 17.9 Å². The molecule has 0 aliphatic carbocycles. The van der Waals surface area contributed by atoms with Crippen molar-refractivity contribution in [2.24, 2.45) is 16.5 Å². The fourth-order valence-electron chi connectivity index (χ4n) is 0.741. The summed E-state index contributed by atoms with van der Waals surface area (Å²) in [6.45, 7) is 1.67. The molecule has 0 fully saturated rings. The lowest BCUT2D eigenvalue weighted by atomic mass is 10.2. The summed E-state index contributed by atoms with van der Waals surface area (Å²) in [4.78, 5) is 23.0. The molecular formula is C9H20N4O4. The molecular weight excluding hydrogens is 228 g/mol. The van der Waals surface area contributed by atoms with Gasteiger partial charge in [-0.15, -0.1) is 0 Å². The van der Waals surface area contributed by atoms with Crippen LogP contribution in [0.3, 0.4) is 0 Å². The van der Waals surface area contributed by atoms with E-state index in [1.54, 1.807) is 7.05 Å². The summed E-state index contributed by atoms with van der Waals surface area (Å²) in [5.74, 6) is -1.46. The second-order valence-electron chi connectivity index (χ2n) is 3.14. The lowest BCUT2D eigenvalue weighted by Crippen LogP contribution is -2.34. The second kappa shape index (κ2) is 10.7. The van der Waals surface area contributed by atoms with E-state index in [-0.39, 0.29) is 0 Å². The maximum absolute atomic E-state index is 10.3. The third kappa shape index (κ3) is 16.8. The molecule has 0 heterocycles. The van der Waals surface area contributed by atoms with Gasteiger partial charge >= 0.3 is 5.97 Å². The fourth-order valence-corrected chi connectivity index (χ4v) is 0.741. The molecule has 17 heavy (non-hydrogen) atoms. The van der Waals surface area contributed by atoms with Crippen LogP contribution in [0.2, 0.25) is 0 Å². The summed E-state index contributed by atoms with van der Waals surface area (Å²) >= 11 is 0. The molecule has 100 valence electrons. The average molecular weight is 248 g/mol. The van der Waals surface area contributed by atoms with Crippen LogP contribution in [0.15, 0.2) is 4.99 Å². The van der Waals surface area contributed by atoms with Gasteiger partial charge in [-0.05, 0) is 12.8 Å². The number of nitrogens with two attached hydrogens (primary N) is 2. The van der Waals surface area contributed by atoms with Crippen LogP contribution in [0.5, 0.6) is 0 Å². The Morgan fingerprint density at radius 2 is 1.88 bits per heavy atom. The van der Waals surface area contributed by atoms with Gasteiger partial charge < -0.3 is 27.0 Å². The van der Waals surface area contributed by atoms with Gasteiger partial charge in [0.2, 0.25) is 0 Å². The molecule has 0 rings (SSSR count). The third-order valence-electron chi connectivity index (χ3n) is 1.56. The van der Waals surface area contributed by atoms with Crippen molar-refractivity contribution in [2.45, 2.75) is 25.8 Å². The first-order valence-corrected chi connectivity index (χ1v) is 4.95. The Balaban J connectivity index is 0. The molecule has 8 nitrogen and oxygen atoms in total. The molecule has 0 radical (unpaired) electrons. The summed E-state index contributed by atoms with van der Waals surface area (Å²) < 4.78 is 0. The molecule has 0 bridgehead atoms. The summed E-state index contributed by atoms with van der Waals surface area (Å²) in [6, 6.07) is -0.790. The molecule has 0 unspecified atom stereocenters. The molecule has 0 spiro atoms. The van der Waals surface area contributed by atoms with Gasteiger partial charge in [0.25, 0.3) is 5.97 Å². The van der Waals surface area contributed by atoms with Crippen LogP contribution in [0.4, 0.5) is 0 Å². The van der Waals surface area contributed by atoms with E-state index in [9.17, 15) is 4.79 Å². The number of aliphatic imine (C=N–C) groups is 1. The van der Waals surface area contributed by atoms with E-state index in [0.717, 1.165) is 6.92 Å². The second-order valence-corrected chi connectivity index (χ2v) is 3.14. The molecule has 0 aliphatic rings. The zero-order valence-electron chi connectivity index (χ0n) is 10.0. The van der Waals surface area contributed by atoms with Gasteiger partial charge in [0, 0.05) is 20.5 Å². The van der Waals surface area contributed by atoms with Crippen molar-refractivity contribution in [1.82, 2.24) is 5.32 Å². The van der Waals surface area contributed by atoms with Crippen LogP contribution in [-0.4, -0.2) is 47.7 Å². The Kier molecular flexibility index (Phi) is 11.0. The highest BCUT2D eigenvalue weighted by molar-refractivity contribution is 5.77. The number of nitrogens with zero attached hydrogens (tertiary/aromatic N) is 1. The zero-order valence-corrected chi connectivity index (χ0v) is 10.0. The van der Waals surface area contributed by atoms with Crippen LogP contribution in [-0.2, 0) is 9.59 Å². The highest BCUT2D eigenvalue weighted by Crippen LogP contribution is 1.92. The number of aliphatic carboxylic acids is 2. The van der Waals surface area contributed by atoms with Gasteiger partial charge in [0.05, 0.1) is 0 Å². The van der Waals surface area contributed by atoms with Gasteiger partial charge in [-0.2, -0.15) is 0 Å². The van der Waals surface area contributed by atoms with Gasteiger partial charge in [0.15, 0.2) is 5.96 Å². The van der Waals surface area contributed by atoms with Crippen molar-refractivity contribution in [3.05, 3.63) is 0 Å². The smallest absolute Gasteiger partial charge is 0.320 e. The first kappa shape index (κ1) is 17.6. The molecule has 0 aromatic carbocycles. The maximum Gasteiger partial charge on any atom is 0.320 e. The van der Waals surface area contributed by atoms with Crippen LogP contribution < -0.4 is 16.8 Å². The quantitative estimate of drug-likeness (QED) is 0.233. The Morgan fingerprint density at radius 3 is 2.24 bits per heavy atom. The summed E-state index contributed by atoms with van der Waals surface area (Å²) in [5, 5.41) is 18.7. The molecule has 0 saturated heterocycles. The summed E-state index contributed by atoms with van der Waals surface area (Å²) in [6.07, 6.45) is 1.09. The van der Waals surface area contributed by atoms with E-state index in [0.29, 0.717) is 25.3 Å². The highest BCUT2D eigenvalue weighted by atomic mass is 16.4. The van der Waals surface area contributed by atoms with Crippen LogP contribution in [0.25, 0.3) is 0 Å². The van der Waals surface area contributed by atoms with Crippen molar-refractivity contribution in [1.29, 1.82) is 0 Å². The number of rotatable bonds is 5. The summed E-state index contributed by atoms with van der Waals surface area (Å²) in [5.41, 5.74) is 10.6. The number of hydrogen-bond donors (Lipinski definition) is 5.